The average Bonchev–Trinajstić information content (AvgIpc) is 2.39. The molecule has 0 aromatic heterocycles. The molecular formula is C21H44. The van der Waals surface area contributed by atoms with Gasteiger partial charge in [-0.1, -0.05) is 87.5 Å². The van der Waals surface area contributed by atoms with Crippen molar-refractivity contribution in [2.24, 2.45) is 35.5 Å². The van der Waals surface area contributed by atoms with E-state index in [2.05, 4.69) is 55.4 Å². The minimum atomic E-state index is 0.840. The van der Waals surface area contributed by atoms with Crippen molar-refractivity contribution >= 4 is 0 Å². The van der Waals surface area contributed by atoms with E-state index in [0.717, 1.165) is 35.5 Å². The first-order valence-corrected chi connectivity index (χ1v) is 9.83. The monoisotopic (exact) mass is 296 g/mol. The van der Waals surface area contributed by atoms with Gasteiger partial charge in [0.05, 0.1) is 0 Å². The van der Waals surface area contributed by atoms with Gasteiger partial charge in [-0.2, -0.15) is 0 Å². The van der Waals surface area contributed by atoms with Crippen LogP contribution in [0.1, 0.15) is 100 Å². The molecular weight excluding hydrogens is 252 g/mol. The Kier molecular flexibility index (Phi) is 11.6. The fourth-order valence-corrected chi connectivity index (χ4v) is 4.16. The molecule has 0 bridgehead atoms. The molecule has 0 aliphatic rings. The van der Waals surface area contributed by atoms with Crippen LogP contribution in [0, 0.1) is 35.5 Å². The molecule has 128 valence electrons. The van der Waals surface area contributed by atoms with Crippen LogP contribution in [0.2, 0.25) is 0 Å². The number of rotatable bonds is 12. The molecule has 4 atom stereocenters. The molecule has 0 aliphatic carbocycles. The summed E-state index contributed by atoms with van der Waals surface area (Å²) in [7, 11) is 0. The molecule has 0 rings (SSSR count). The molecule has 0 radical (unpaired) electrons. The number of hydrogen-bond acceptors (Lipinski definition) is 0. The number of hydrogen-bond donors (Lipinski definition) is 0. The van der Waals surface area contributed by atoms with Gasteiger partial charge in [-0.25, -0.2) is 0 Å². The van der Waals surface area contributed by atoms with Gasteiger partial charge >= 0.3 is 0 Å². The van der Waals surface area contributed by atoms with Crippen LogP contribution in [0.25, 0.3) is 0 Å². The van der Waals surface area contributed by atoms with Crippen molar-refractivity contribution in [1.29, 1.82) is 0 Å². The third-order valence-corrected chi connectivity index (χ3v) is 5.44. The van der Waals surface area contributed by atoms with Gasteiger partial charge in [0, 0.05) is 0 Å². The lowest BCUT2D eigenvalue weighted by Crippen LogP contribution is -2.28. The lowest BCUT2D eigenvalue weighted by Gasteiger charge is -2.36. The highest BCUT2D eigenvalue weighted by molar-refractivity contribution is 4.79. The minimum absolute atomic E-state index is 0.840. The normalized spacial score (nSPS) is 18.0. The van der Waals surface area contributed by atoms with Crippen molar-refractivity contribution in [2.75, 3.05) is 0 Å². The van der Waals surface area contributed by atoms with Gasteiger partial charge in [0.15, 0.2) is 0 Å². The highest BCUT2D eigenvalue weighted by atomic mass is 14.3. The summed E-state index contributed by atoms with van der Waals surface area (Å²) in [5.74, 6) is 5.37. The summed E-state index contributed by atoms with van der Waals surface area (Å²) in [5, 5.41) is 0. The van der Waals surface area contributed by atoms with Gasteiger partial charge in [0.1, 0.15) is 0 Å². The summed E-state index contributed by atoms with van der Waals surface area (Å²) in [6.45, 7) is 19.3. The lowest BCUT2D eigenvalue weighted by atomic mass is 9.69. The molecule has 0 heterocycles. The molecule has 0 N–H and O–H groups in total. The first-order chi connectivity index (χ1) is 9.83. The van der Waals surface area contributed by atoms with Crippen LogP contribution in [0.4, 0.5) is 0 Å². The summed E-state index contributed by atoms with van der Waals surface area (Å²) in [6.07, 6.45) is 9.84. The smallest absolute Gasteiger partial charge is 0.0357 e. The Hall–Kier alpha value is 0. The Labute approximate surface area is 136 Å². The van der Waals surface area contributed by atoms with Crippen LogP contribution in [0.15, 0.2) is 0 Å². The zero-order valence-corrected chi connectivity index (χ0v) is 16.4. The fraction of sp³-hybridized carbons (Fsp3) is 1.00. The Morgan fingerprint density at radius 3 is 1.62 bits per heavy atom. The Morgan fingerprint density at radius 2 is 1.19 bits per heavy atom. The molecule has 0 aromatic rings. The van der Waals surface area contributed by atoms with Crippen LogP contribution in [-0.4, -0.2) is 0 Å². The van der Waals surface area contributed by atoms with Crippen molar-refractivity contribution in [2.45, 2.75) is 100 Å². The zero-order chi connectivity index (χ0) is 16.4. The molecule has 21 heavy (non-hydrogen) atoms. The van der Waals surface area contributed by atoms with Gasteiger partial charge < -0.3 is 0 Å². The highest BCUT2D eigenvalue weighted by Gasteiger charge is 2.29. The standard InChI is InChI=1S/C21H44/c1-9-12-20(18(7)10-2)21(14-11-13-16(3)4)19(8)15-17(5)6/h16-21H,9-15H2,1-8H3. The molecule has 0 saturated carbocycles. The second-order valence-corrected chi connectivity index (χ2v) is 8.43. The molecule has 0 heteroatoms. The van der Waals surface area contributed by atoms with Crippen molar-refractivity contribution in [3.05, 3.63) is 0 Å². The summed E-state index contributed by atoms with van der Waals surface area (Å²) in [6, 6.07) is 0. The average molecular weight is 297 g/mol. The van der Waals surface area contributed by atoms with E-state index in [1.54, 1.807) is 0 Å². The second-order valence-electron chi connectivity index (χ2n) is 8.43. The highest BCUT2D eigenvalue weighted by Crippen LogP contribution is 2.38. The fourth-order valence-electron chi connectivity index (χ4n) is 4.16. The topological polar surface area (TPSA) is 0 Å². The van der Waals surface area contributed by atoms with Gasteiger partial charge in [-0.15, -0.1) is 0 Å². The van der Waals surface area contributed by atoms with E-state index >= 15 is 0 Å². The van der Waals surface area contributed by atoms with Gasteiger partial charge in [0.2, 0.25) is 0 Å². The molecule has 4 unspecified atom stereocenters. The van der Waals surface area contributed by atoms with Crippen molar-refractivity contribution < 1.29 is 0 Å². The molecule has 0 aliphatic heterocycles. The largest absolute Gasteiger partial charge is 0.0654 e. The maximum atomic E-state index is 2.53. The molecule has 0 aromatic carbocycles. The van der Waals surface area contributed by atoms with Crippen molar-refractivity contribution in [3.8, 4) is 0 Å². The zero-order valence-electron chi connectivity index (χ0n) is 16.4. The molecule has 0 spiro atoms. The summed E-state index contributed by atoms with van der Waals surface area (Å²) < 4.78 is 0. The van der Waals surface area contributed by atoms with Crippen LogP contribution in [0.5, 0.6) is 0 Å². The molecule has 0 amide bonds. The summed E-state index contributed by atoms with van der Waals surface area (Å²) in [4.78, 5) is 0. The van der Waals surface area contributed by atoms with E-state index < -0.39 is 0 Å². The molecule has 0 fully saturated rings. The van der Waals surface area contributed by atoms with Crippen molar-refractivity contribution in [1.82, 2.24) is 0 Å². The first kappa shape index (κ1) is 21.0. The van der Waals surface area contributed by atoms with Crippen LogP contribution in [-0.2, 0) is 0 Å². The maximum Gasteiger partial charge on any atom is -0.0357 e. The quantitative estimate of drug-likeness (QED) is 0.348. The third kappa shape index (κ3) is 8.89. The Morgan fingerprint density at radius 1 is 0.619 bits per heavy atom. The van der Waals surface area contributed by atoms with Crippen molar-refractivity contribution in [3.63, 3.8) is 0 Å². The third-order valence-electron chi connectivity index (χ3n) is 5.44. The van der Waals surface area contributed by atoms with Crippen LogP contribution < -0.4 is 0 Å². The van der Waals surface area contributed by atoms with E-state index in [4.69, 9.17) is 0 Å². The van der Waals surface area contributed by atoms with Gasteiger partial charge in [0.25, 0.3) is 0 Å². The second kappa shape index (κ2) is 11.6. The molecule has 0 saturated heterocycles. The predicted molar refractivity (Wildman–Crippen MR) is 98.7 cm³/mol. The van der Waals surface area contributed by atoms with E-state index in [-0.39, 0.29) is 0 Å². The van der Waals surface area contributed by atoms with Crippen LogP contribution >= 0.6 is 0 Å². The van der Waals surface area contributed by atoms with E-state index in [1.807, 2.05) is 0 Å². The lowest BCUT2D eigenvalue weighted by molar-refractivity contribution is 0.133. The first-order valence-electron chi connectivity index (χ1n) is 9.83. The predicted octanol–water partition coefficient (Wildman–Crippen LogP) is 7.57. The molecule has 0 nitrogen and oxygen atoms in total. The van der Waals surface area contributed by atoms with E-state index in [0.29, 0.717) is 0 Å². The van der Waals surface area contributed by atoms with Gasteiger partial charge in [-0.05, 0) is 48.3 Å². The SMILES string of the molecule is CCCC(C(C)CC)C(CCCC(C)C)C(C)CC(C)C. The van der Waals surface area contributed by atoms with Crippen LogP contribution in [0.3, 0.4) is 0 Å². The van der Waals surface area contributed by atoms with Gasteiger partial charge in [-0.3, -0.25) is 0 Å². The maximum absolute atomic E-state index is 2.53. The minimum Gasteiger partial charge on any atom is -0.0654 e. The van der Waals surface area contributed by atoms with E-state index in [9.17, 15) is 0 Å². The summed E-state index contributed by atoms with van der Waals surface area (Å²) >= 11 is 0. The Balaban J connectivity index is 4.86. The van der Waals surface area contributed by atoms with E-state index in [1.165, 1.54) is 44.9 Å². The Bertz CT molecular complexity index is 228. The summed E-state index contributed by atoms with van der Waals surface area (Å²) in [5.41, 5.74) is 0.